The predicted molar refractivity (Wildman–Crippen MR) is 132 cm³/mol. The fourth-order valence-electron chi connectivity index (χ4n) is 2.41. The van der Waals surface area contributed by atoms with Gasteiger partial charge in [-0.2, -0.15) is 0 Å². The number of rotatable bonds is 10. The fourth-order valence-corrected chi connectivity index (χ4v) is 8.60. The van der Waals surface area contributed by atoms with Gasteiger partial charge in [0.25, 0.3) is 0 Å². The third-order valence-electron chi connectivity index (χ3n) is 3.77. The summed E-state index contributed by atoms with van der Waals surface area (Å²) in [5.74, 6) is 1.90. The van der Waals surface area contributed by atoms with Gasteiger partial charge in [-0.25, -0.2) is 4.21 Å². The molecule has 0 aromatic carbocycles. The number of aliphatic carboxylic acids is 1. The molecule has 2 aliphatic heterocycles. The van der Waals surface area contributed by atoms with Crippen molar-refractivity contribution in [3.05, 3.63) is 0 Å². The van der Waals surface area contributed by atoms with Crippen molar-refractivity contribution in [3.8, 4) is 0 Å². The first-order valence-electron chi connectivity index (χ1n) is 9.02. The van der Waals surface area contributed by atoms with Gasteiger partial charge in [0.15, 0.2) is 0 Å². The molecule has 4 nitrogen and oxygen atoms in total. The van der Waals surface area contributed by atoms with E-state index in [2.05, 4.69) is 21.4 Å². The molecule has 2 saturated heterocycles. The average Bonchev–Trinajstić information content (AvgIpc) is 3.29. The second-order valence-electron chi connectivity index (χ2n) is 6.08. The van der Waals surface area contributed by atoms with Crippen molar-refractivity contribution >= 4 is 96.6 Å². The lowest BCUT2D eigenvalue weighted by Gasteiger charge is -2.04. The van der Waals surface area contributed by atoms with E-state index in [1.807, 2.05) is 43.2 Å². The molecule has 0 aliphatic carbocycles. The molecule has 0 saturated carbocycles. The van der Waals surface area contributed by atoms with Crippen molar-refractivity contribution in [3.63, 3.8) is 0 Å². The smallest absolute Gasteiger partial charge is 0.303 e. The summed E-state index contributed by atoms with van der Waals surface area (Å²) >= 11 is 5.22. The molecule has 0 bridgehead atoms. The Morgan fingerprint density at radius 3 is 1.64 bits per heavy atom. The SMILES string of the molecule is O=C(Cl)CCCC[C@@H]1CCSS1.O=C(O)CCCC[C@@H]1CCSS1.O=S(Cl)Cl. The Morgan fingerprint density at radius 1 is 0.893 bits per heavy atom. The van der Waals surface area contributed by atoms with Gasteiger partial charge in [0.2, 0.25) is 14.5 Å². The highest BCUT2D eigenvalue weighted by Gasteiger charge is 2.16. The number of carbonyl (C=O) groups excluding carboxylic acids is 1. The molecule has 0 unspecified atom stereocenters. The highest BCUT2D eigenvalue weighted by atomic mass is 36.0. The monoisotopic (exact) mass is 548 g/mol. The maximum Gasteiger partial charge on any atom is 0.303 e. The average molecular weight is 550 g/mol. The van der Waals surface area contributed by atoms with E-state index in [0.717, 1.165) is 36.2 Å². The second kappa shape index (κ2) is 20.5. The molecular weight excluding hydrogens is 523 g/mol. The van der Waals surface area contributed by atoms with Crippen LogP contribution in [0.15, 0.2) is 0 Å². The van der Waals surface area contributed by atoms with Gasteiger partial charge in [-0.3, -0.25) is 9.59 Å². The lowest BCUT2D eigenvalue weighted by atomic mass is 10.1. The minimum absolute atomic E-state index is 0.191. The zero-order valence-electron chi connectivity index (χ0n) is 15.5. The molecule has 2 aliphatic rings. The van der Waals surface area contributed by atoms with Gasteiger partial charge in [-0.15, -0.1) is 0 Å². The van der Waals surface area contributed by atoms with Crippen LogP contribution in [0.4, 0.5) is 0 Å². The van der Waals surface area contributed by atoms with Gasteiger partial charge in [0.05, 0.1) is 0 Å². The lowest BCUT2D eigenvalue weighted by molar-refractivity contribution is -0.137. The van der Waals surface area contributed by atoms with Crippen LogP contribution >= 0.6 is 76.1 Å². The number of carboxylic acid groups (broad SMARTS) is 1. The summed E-state index contributed by atoms with van der Waals surface area (Å²) in [6, 6.07) is 0. The van der Waals surface area contributed by atoms with Gasteiger partial charge < -0.3 is 5.11 Å². The highest BCUT2D eigenvalue weighted by Crippen LogP contribution is 2.40. The van der Waals surface area contributed by atoms with Crippen LogP contribution in [0.1, 0.15) is 64.2 Å². The molecule has 2 atom stereocenters. The summed E-state index contributed by atoms with van der Waals surface area (Å²) in [7, 11) is 15.2. The molecule has 0 spiro atoms. The van der Waals surface area contributed by atoms with E-state index in [1.165, 1.54) is 37.2 Å². The molecule has 1 N–H and O–H groups in total. The molecule has 0 aromatic rings. The van der Waals surface area contributed by atoms with Gasteiger partial charge in [-0.1, -0.05) is 56.0 Å². The molecular formula is C16H27Cl3O4S5. The van der Waals surface area contributed by atoms with Gasteiger partial charge in [0.1, 0.15) is 0 Å². The van der Waals surface area contributed by atoms with Crippen molar-refractivity contribution in [1.29, 1.82) is 0 Å². The number of hydrogen-bond donors (Lipinski definition) is 1. The second-order valence-corrected chi connectivity index (χ2v) is 14.6. The fraction of sp³-hybridized carbons (Fsp3) is 0.875. The Bertz CT molecular complexity index is 410. The summed E-state index contributed by atoms with van der Waals surface area (Å²) in [5, 5.41) is 9.83. The third kappa shape index (κ3) is 22.2. The van der Waals surface area contributed by atoms with Crippen LogP contribution in [0, 0.1) is 0 Å². The number of carbonyl (C=O) groups is 2. The molecule has 2 rings (SSSR count). The van der Waals surface area contributed by atoms with E-state index in [9.17, 15) is 9.59 Å². The summed E-state index contributed by atoms with van der Waals surface area (Å²) in [4.78, 5) is 20.6. The van der Waals surface area contributed by atoms with Crippen LogP contribution in [-0.4, -0.2) is 42.5 Å². The van der Waals surface area contributed by atoms with E-state index in [4.69, 9.17) is 20.9 Å². The molecule has 0 radical (unpaired) electrons. The zero-order valence-corrected chi connectivity index (χ0v) is 21.8. The zero-order chi connectivity index (χ0) is 21.2. The Labute approximate surface area is 200 Å². The maximum absolute atomic E-state index is 10.4. The van der Waals surface area contributed by atoms with E-state index < -0.39 is 15.2 Å². The van der Waals surface area contributed by atoms with Crippen LogP contribution in [0.2, 0.25) is 0 Å². The summed E-state index contributed by atoms with van der Waals surface area (Å²) in [5.41, 5.74) is 0. The Morgan fingerprint density at radius 2 is 1.32 bits per heavy atom. The van der Waals surface area contributed by atoms with Crippen molar-refractivity contribution in [2.24, 2.45) is 0 Å². The van der Waals surface area contributed by atoms with Crippen LogP contribution in [0.5, 0.6) is 0 Å². The molecule has 0 amide bonds. The number of unbranched alkanes of at least 4 members (excludes halogenated alkanes) is 2. The first-order valence-corrected chi connectivity index (χ1v) is 17.0. The quantitative estimate of drug-likeness (QED) is 0.173. The number of halogens is 3. The Balaban J connectivity index is 0.000000439. The summed E-state index contributed by atoms with van der Waals surface area (Å²) in [6.45, 7) is 0. The van der Waals surface area contributed by atoms with Crippen LogP contribution in [0.25, 0.3) is 0 Å². The normalized spacial score (nSPS) is 20.9. The van der Waals surface area contributed by atoms with E-state index in [-0.39, 0.29) is 5.24 Å². The maximum atomic E-state index is 10.4. The van der Waals surface area contributed by atoms with Crippen molar-refractivity contribution in [1.82, 2.24) is 0 Å². The largest absolute Gasteiger partial charge is 0.481 e. The minimum atomic E-state index is -1.67. The van der Waals surface area contributed by atoms with Crippen LogP contribution in [-0.2, 0) is 18.8 Å². The van der Waals surface area contributed by atoms with Gasteiger partial charge >= 0.3 is 5.97 Å². The van der Waals surface area contributed by atoms with Gasteiger partial charge in [-0.05, 0) is 50.1 Å². The molecule has 0 aromatic heterocycles. The first-order chi connectivity index (χ1) is 13.3. The topological polar surface area (TPSA) is 71.4 Å². The minimum Gasteiger partial charge on any atom is -0.481 e. The van der Waals surface area contributed by atoms with Crippen LogP contribution < -0.4 is 0 Å². The highest BCUT2D eigenvalue weighted by molar-refractivity contribution is 8.77. The predicted octanol–water partition coefficient (Wildman–Crippen LogP) is 7.29. The lowest BCUT2D eigenvalue weighted by Crippen LogP contribution is -1.99. The molecule has 12 heteroatoms. The van der Waals surface area contributed by atoms with E-state index in [1.54, 1.807) is 0 Å². The third-order valence-corrected chi connectivity index (χ3v) is 9.97. The number of hydrogen-bond acceptors (Lipinski definition) is 7. The summed E-state index contributed by atoms with van der Waals surface area (Å²) in [6.07, 6.45) is 10.0. The van der Waals surface area contributed by atoms with Crippen molar-refractivity contribution < 1.29 is 18.9 Å². The number of carboxylic acids is 1. The van der Waals surface area contributed by atoms with Gasteiger partial charge in [0, 0.05) is 56.2 Å². The van der Waals surface area contributed by atoms with Crippen molar-refractivity contribution in [2.45, 2.75) is 74.7 Å². The Kier molecular flexibility index (Phi) is 21.6. The molecule has 2 fully saturated rings. The van der Waals surface area contributed by atoms with Crippen molar-refractivity contribution in [2.75, 3.05) is 11.5 Å². The standard InChI is InChI=1S/C8H13ClOS2.C8H14O2S2.Cl2OS/c2*9-8(10)4-2-1-3-7-5-6-11-12-7;1-4(2)3/h7H,1-6H2;7H,1-6H2,(H,9,10);/t2*7-;/m11./s1. The summed E-state index contributed by atoms with van der Waals surface area (Å²) < 4.78 is 9.09. The van der Waals surface area contributed by atoms with E-state index >= 15 is 0 Å². The Hall–Kier alpha value is 1.56. The van der Waals surface area contributed by atoms with Crippen LogP contribution in [0.3, 0.4) is 0 Å². The molecule has 2 heterocycles. The first kappa shape index (κ1) is 29.6. The van der Waals surface area contributed by atoms with E-state index in [0.29, 0.717) is 12.8 Å². The molecule has 166 valence electrons. The molecule has 28 heavy (non-hydrogen) atoms.